The average molecular weight is 275 g/mol. The van der Waals surface area contributed by atoms with Gasteiger partial charge in [0.1, 0.15) is 35.7 Å². The zero-order chi connectivity index (χ0) is 14.7. The van der Waals surface area contributed by atoms with E-state index in [0.29, 0.717) is 0 Å². The zero-order valence-corrected chi connectivity index (χ0v) is 10.5. The molecule has 0 aromatic carbocycles. The average Bonchev–Trinajstić information content (AvgIpc) is 2.65. The molecule has 19 heavy (non-hydrogen) atoms. The maximum Gasteiger partial charge on any atom is 0.343 e. The maximum absolute atomic E-state index is 11.5. The maximum atomic E-state index is 11.5. The lowest BCUT2D eigenvalue weighted by atomic mass is 9.98. The Balaban J connectivity index is 3.00. The number of aliphatic hydroxyl groups is 4. The van der Waals surface area contributed by atoms with Gasteiger partial charge in [-0.1, -0.05) is 0 Å². The fraction of sp³-hybridized carbons (Fsp3) is 0.636. The van der Waals surface area contributed by atoms with E-state index in [1.165, 1.54) is 6.92 Å². The quantitative estimate of drug-likeness (QED) is 0.182. The molecule has 0 spiro atoms. The molecule has 0 unspecified atom stereocenters. The van der Waals surface area contributed by atoms with Crippen LogP contribution in [0.3, 0.4) is 0 Å². The van der Waals surface area contributed by atoms with Gasteiger partial charge in [-0.15, -0.1) is 0 Å². The van der Waals surface area contributed by atoms with Gasteiger partial charge in [0, 0.05) is 0 Å². The number of rotatable bonds is 4. The molecule has 1 saturated heterocycles. The second-order valence-corrected chi connectivity index (χ2v) is 4.12. The van der Waals surface area contributed by atoms with Gasteiger partial charge < -0.3 is 35.3 Å². The number of allylic oxidation sites excluding steroid dienone is 1. The Kier molecular flexibility index (Phi) is 5.01. The Labute approximate surface area is 109 Å². The van der Waals surface area contributed by atoms with Crippen molar-refractivity contribution < 1.29 is 34.7 Å². The number of nitrogens with one attached hydrogen (secondary N) is 1. The minimum atomic E-state index is -1.48. The van der Waals surface area contributed by atoms with Crippen LogP contribution >= 0.6 is 0 Å². The summed E-state index contributed by atoms with van der Waals surface area (Å²) in [5.74, 6) is -1.42. The van der Waals surface area contributed by atoms with Gasteiger partial charge in [0.2, 0.25) is 0 Å². The van der Waals surface area contributed by atoms with Crippen LogP contribution in [0.15, 0.2) is 11.3 Å². The number of hydrogen-bond acceptors (Lipinski definition) is 8. The van der Waals surface area contributed by atoms with Crippen LogP contribution in [0.5, 0.6) is 0 Å². The fourth-order valence-corrected chi connectivity index (χ4v) is 1.84. The topological polar surface area (TPSA) is 140 Å². The van der Waals surface area contributed by atoms with Crippen LogP contribution in [-0.4, -0.2) is 70.2 Å². The van der Waals surface area contributed by atoms with Gasteiger partial charge in [-0.25, -0.2) is 4.79 Å². The molecule has 0 saturated carbocycles. The van der Waals surface area contributed by atoms with Crippen molar-refractivity contribution in [1.29, 1.82) is 5.41 Å². The summed E-state index contributed by atoms with van der Waals surface area (Å²) >= 11 is 0. The molecular weight excluding hydrogens is 258 g/mol. The van der Waals surface area contributed by atoms with Crippen molar-refractivity contribution in [2.24, 2.45) is 0 Å². The fourth-order valence-electron chi connectivity index (χ4n) is 1.84. The van der Waals surface area contributed by atoms with Gasteiger partial charge in [-0.05, 0) is 6.92 Å². The Morgan fingerprint density at radius 1 is 1.37 bits per heavy atom. The van der Waals surface area contributed by atoms with Crippen LogP contribution in [0.2, 0.25) is 0 Å². The van der Waals surface area contributed by atoms with Crippen LogP contribution in [-0.2, 0) is 14.3 Å². The van der Waals surface area contributed by atoms with Gasteiger partial charge in [-0.2, -0.15) is 0 Å². The highest BCUT2D eigenvalue weighted by Gasteiger charge is 2.46. The highest BCUT2D eigenvalue weighted by atomic mass is 16.6. The van der Waals surface area contributed by atoms with Gasteiger partial charge in [0.25, 0.3) is 0 Å². The van der Waals surface area contributed by atoms with E-state index in [0.717, 1.165) is 7.11 Å². The number of hydrogen-bond donors (Lipinski definition) is 5. The number of carbonyl (C=O) groups is 1. The molecule has 0 amide bonds. The highest BCUT2D eigenvalue weighted by Crippen LogP contribution is 2.25. The normalized spacial score (nSPS) is 31.8. The van der Waals surface area contributed by atoms with E-state index in [1.807, 2.05) is 0 Å². The van der Waals surface area contributed by atoms with Crippen LogP contribution in [0.1, 0.15) is 6.92 Å². The van der Waals surface area contributed by atoms with Crippen molar-refractivity contribution in [3.63, 3.8) is 0 Å². The molecule has 1 heterocycles. The van der Waals surface area contributed by atoms with Gasteiger partial charge in [-0.3, -0.25) is 0 Å². The minimum absolute atomic E-state index is 0.447. The third kappa shape index (κ3) is 2.92. The van der Waals surface area contributed by atoms with Crippen LogP contribution in [0.25, 0.3) is 0 Å². The van der Waals surface area contributed by atoms with Crippen molar-refractivity contribution >= 4 is 11.7 Å². The largest absolute Gasteiger partial charge is 0.512 e. The molecule has 1 fully saturated rings. The lowest BCUT2D eigenvalue weighted by molar-refractivity contribution is -0.135. The molecule has 0 aromatic rings. The molecule has 0 bridgehead atoms. The Hall–Kier alpha value is -1.48. The van der Waals surface area contributed by atoms with Crippen LogP contribution in [0.4, 0.5) is 0 Å². The third-order valence-electron chi connectivity index (χ3n) is 2.85. The summed E-state index contributed by atoms with van der Waals surface area (Å²) in [6.45, 7) is 0.638. The van der Waals surface area contributed by atoms with Crippen molar-refractivity contribution in [1.82, 2.24) is 0 Å². The van der Waals surface area contributed by atoms with Crippen molar-refractivity contribution in [3.8, 4) is 0 Å². The van der Waals surface area contributed by atoms with Crippen molar-refractivity contribution in [2.45, 2.75) is 31.3 Å². The first kappa shape index (κ1) is 15.6. The standard InChI is InChI=1S/C11H17NO7/c1-4(14)6(11(17)18-2)7(12)10-9(16)8(15)5(3-13)19-10/h5,8-10,12-16H,3H2,1-2H3/b6-4+,12-7?/t5-,8-,9-,10+/m1/s1. The Morgan fingerprint density at radius 2 is 1.95 bits per heavy atom. The molecule has 0 aromatic heterocycles. The van der Waals surface area contributed by atoms with E-state index in [4.69, 9.17) is 15.3 Å². The van der Waals surface area contributed by atoms with E-state index < -0.39 is 54.0 Å². The zero-order valence-electron chi connectivity index (χ0n) is 10.5. The lowest BCUT2D eigenvalue weighted by Crippen LogP contribution is -2.38. The highest BCUT2D eigenvalue weighted by molar-refractivity contribution is 6.20. The molecule has 1 aliphatic rings. The number of aliphatic hydroxyl groups excluding tert-OH is 4. The molecule has 4 atom stereocenters. The summed E-state index contributed by atoms with van der Waals surface area (Å²) in [5, 5.41) is 45.4. The van der Waals surface area contributed by atoms with E-state index >= 15 is 0 Å². The summed E-state index contributed by atoms with van der Waals surface area (Å²) in [6.07, 6.45) is -5.25. The van der Waals surface area contributed by atoms with Gasteiger partial charge in [0.15, 0.2) is 0 Å². The second-order valence-electron chi connectivity index (χ2n) is 4.12. The van der Waals surface area contributed by atoms with Gasteiger partial charge in [0.05, 0.1) is 19.4 Å². The summed E-state index contributed by atoms with van der Waals surface area (Å²) in [7, 11) is 1.08. The monoisotopic (exact) mass is 275 g/mol. The summed E-state index contributed by atoms with van der Waals surface area (Å²) in [4.78, 5) is 11.5. The number of carbonyl (C=O) groups excluding carboxylic acids is 1. The predicted molar refractivity (Wildman–Crippen MR) is 62.8 cm³/mol. The summed E-state index contributed by atoms with van der Waals surface area (Å²) < 4.78 is 9.52. The van der Waals surface area contributed by atoms with Crippen LogP contribution in [0, 0.1) is 5.41 Å². The first-order chi connectivity index (χ1) is 8.84. The van der Waals surface area contributed by atoms with Gasteiger partial charge >= 0.3 is 5.97 Å². The van der Waals surface area contributed by atoms with Crippen molar-refractivity contribution in [2.75, 3.05) is 13.7 Å². The predicted octanol–water partition coefficient (Wildman–Crippen LogP) is -1.51. The van der Waals surface area contributed by atoms with E-state index in [2.05, 4.69) is 4.74 Å². The molecule has 1 rings (SSSR count). The minimum Gasteiger partial charge on any atom is -0.512 e. The molecule has 8 nitrogen and oxygen atoms in total. The number of methoxy groups -OCH3 is 1. The molecule has 0 aliphatic carbocycles. The lowest BCUT2D eigenvalue weighted by Gasteiger charge is -2.17. The van der Waals surface area contributed by atoms with E-state index in [-0.39, 0.29) is 0 Å². The molecular formula is C11H17NO7. The SMILES string of the molecule is COC(=O)/C(C(=N)[C@@H]1O[C@H](CO)[C@@H](O)[C@H]1O)=C(\C)O. The first-order valence-electron chi connectivity index (χ1n) is 5.54. The smallest absolute Gasteiger partial charge is 0.343 e. The Bertz CT molecular complexity index is 402. The van der Waals surface area contributed by atoms with Crippen LogP contribution < -0.4 is 0 Å². The molecule has 5 N–H and O–H groups in total. The number of ether oxygens (including phenoxy) is 2. The molecule has 0 radical (unpaired) electrons. The molecule has 1 aliphatic heterocycles. The summed E-state index contributed by atoms with van der Waals surface area (Å²) in [5.41, 5.74) is -0.966. The van der Waals surface area contributed by atoms with Crippen molar-refractivity contribution in [3.05, 3.63) is 11.3 Å². The van der Waals surface area contributed by atoms with E-state index in [9.17, 15) is 20.1 Å². The van der Waals surface area contributed by atoms with E-state index in [1.54, 1.807) is 0 Å². The third-order valence-corrected chi connectivity index (χ3v) is 2.85. The molecule has 8 heteroatoms. The summed E-state index contributed by atoms with van der Waals surface area (Å²) in [6, 6.07) is 0. The number of esters is 1. The molecule has 108 valence electrons. The first-order valence-corrected chi connectivity index (χ1v) is 5.54. The second kappa shape index (κ2) is 6.11. The Morgan fingerprint density at radius 3 is 2.32 bits per heavy atom.